The minimum atomic E-state index is -0.396. The Bertz CT molecular complexity index is 1060. The normalized spacial score (nSPS) is 15.6. The highest BCUT2D eigenvalue weighted by atomic mass is 16.5. The lowest BCUT2D eigenvalue weighted by Gasteiger charge is -2.26. The van der Waals surface area contributed by atoms with Crippen molar-refractivity contribution >= 4 is 5.91 Å². The summed E-state index contributed by atoms with van der Waals surface area (Å²) in [7, 11) is 1.60. The summed E-state index contributed by atoms with van der Waals surface area (Å²) in [5.41, 5.74) is 4.12. The number of nitrogens with zero attached hydrogens (tertiary/aromatic N) is 2. The third-order valence-corrected chi connectivity index (χ3v) is 5.24. The fourth-order valence-electron chi connectivity index (χ4n) is 3.87. The Kier molecular flexibility index (Phi) is 4.98. The quantitative estimate of drug-likeness (QED) is 0.598. The van der Waals surface area contributed by atoms with Crippen LogP contribution in [0, 0.1) is 6.92 Å². The molecule has 7 heteroatoms. The van der Waals surface area contributed by atoms with E-state index in [9.17, 15) is 15.0 Å². The van der Waals surface area contributed by atoms with E-state index < -0.39 is 6.04 Å². The first-order valence-electron chi connectivity index (χ1n) is 9.49. The van der Waals surface area contributed by atoms with E-state index in [0.29, 0.717) is 35.7 Å². The lowest BCUT2D eigenvalue weighted by Crippen LogP contribution is -2.31. The zero-order valence-corrected chi connectivity index (χ0v) is 16.3. The molecule has 150 valence electrons. The SMILES string of the molecule is COc1cccc([C@H]2c3c(-c4cc(C)ccc4O)n[nH]c3C(=O)N2CCCO)c1. The number of hydrogen-bond donors (Lipinski definition) is 3. The summed E-state index contributed by atoms with van der Waals surface area (Å²) in [6.45, 7) is 2.33. The maximum atomic E-state index is 13.1. The number of aromatic amines is 1. The van der Waals surface area contributed by atoms with E-state index in [1.54, 1.807) is 18.1 Å². The molecule has 0 bridgehead atoms. The number of aromatic hydroxyl groups is 1. The molecule has 0 spiro atoms. The molecule has 0 fully saturated rings. The van der Waals surface area contributed by atoms with Crippen LogP contribution < -0.4 is 4.74 Å². The van der Waals surface area contributed by atoms with Crippen molar-refractivity contribution in [2.24, 2.45) is 0 Å². The highest BCUT2D eigenvalue weighted by Crippen LogP contribution is 2.45. The van der Waals surface area contributed by atoms with Crippen molar-refractivity contribution in [3.8, 4) is 22.8 Å². The van der Waals surface area contributed by atoms with Crippen molar-refractivity contribution in [2.75, 3.05) is 20.3 Å². The van der Waals surface area contributed by atoms with Crippen LogP contribution in [-0.4, -0.2) is 51.5 Å². The molecule has 1 aromatic heterocycles. The Morgan fingerprint density at radius 2 is 2.07 bits per heavy atom. The van der Waals surface area contributed by atoms with E-state index >= 15 is 0 Å². The largest absolute Gasteiger partial charge is 0.507 e. The predicted octanol–water partition coefficient (Wildman–Crippen LogP) is 3.03. The van der Waals surface area contributed by atoms with Gasteiger partial charge >= 0.3 is 0 Å². The summed E-state index contributed by atoms with van der Waals surface area (Å²) in [5, 5.41) is 27.0. The molecule has 7 nitrogen and oxygen atoms in total. The van der Waals surface area contributed by atoms with Gasteiger partial charge in [-0.25, -0.2) is 0 Å². The van der Waals surface area contributed by atoms with Crippen LogP contribution in [0.15, 0.2) is 42.5 Å². The van der Waals surface area contributed by atoms with Crippen molar-refractivity contribution in [1.82, 2.24) is 15.1 Å². The number of phenols is 1. The van der Waals surface area contributed by atoms with Crippen molar-refractivity contribution in [3.05, 3.63) is 64.8 Å². The second kappa shape index (κ2) is 7.60. The van der Waals surface area contributed by atoms with Gasteiger partial charge < -0.3 is 19.8 Å². The highest BCUT2D eigenvalue weighted by Gasteiger charge is 2.42. The molecule has 0 aliphatic carbocycles. The monoisotopic (exact) mass is 393 g/mol. The highest BCUT2D eigenvalue weighted by molar-refractivity contribution is 6.00. The Morgan fingerprint density at radius 3 is 2.83 bits per heavy atom. The topological polar surface area (TPSA) is 98.7 Å². The Morgan fingerprint density at radius 1 is 1.24 bits per heavy atom. The molecule has 0 unspecified atom stereocenters. The number of phenolic OH excluding ortho intramolecular Hbond substituents is 1. The average Bonchev–Trinajstić information content (AvgIpc) is 3.27. The minimum absolute atomic E-state index is 0.00762. The number of rotatable bonds is 6. The van der Waals surface area contributed by atoms with Crippen molar-refractivity contribution in [2.45, 2.75) is 19.4 Å². The molecular formula is C22H23N3O4. The molecule has 4 rings (SSSR count). The van der Waals surface area contributed by atoms with Crippen LogP contribution in [-0.2, 0) is 0 Å². The number of benzene rings is 2. The van der Waals surface area contributed by atoms with Crippen LogP contribution in [0.4, 0.5) is 0 Å². The molecule has 1 aliphatic rings. The second-order valence-corrected chi connectivity index (χ2v) is 7.14. The smallest absolute Gasteiger partial charge is 0.273 e. The molecule has 3 aromatic rings. The number of aliphatic hydroxyl groups excluding tert-OH is 1. The van der Waals surface area contributed by atoms with Crippen LogP contribution in [0.1, 0.15) is 39.6 Å². The zero-order valence-electron chi connectivity index (χ0n) is 16.3. The van der Waals surface area contributed by atoms with Gasteiger partial charge in [-0.3, -0.25) is 9.89 Å². The third kappa shape index (κ3) is 3.23. The van der Waals surface area contributed by atoms with E-state index in [2.05, 4.69) is 10.2 Å². The Balaban J connectivity index is 1.90. The van der Waals surface area contributed by atoms with Gasteiger partial charge in [0.05, 0.1) is 13.2 Å². The maximum Gasteiger partial charge on any atom is 0.273 e. The molecule has 1 atom stereocenters. The number of carbonyl (C=O) groups excluding carboxylic acids is 1. The number of aryl methyl sites for hydroxylation is 1. The number of aliphatic hydroxyl groups is 1. The Hall–Kier alpha value is -3.32. The van der Waals surface area contributed by atoms with E-state index in [4.69, 9.17) is 4.74 Å². The van der Waals surface area contributed by atoms with Crippen LogP contribution in [0.25, 0.3) is 11.3 Å². The van der Waals surface area contributed by atoms with Crippen LogP contribution in [0.2, 0.25) is 0 Å². The van der Waals surface area contributed by atoms with Gasteiger partial charge in [0, 0.05) is 24.3 Å². The van der Waals surface area contributed by atoms with E-state index in [0.717, 1.165) is 16.7 Å². The Labute approximate surface area is 168 Å². The van der Waals surface area contributed by atoms with Gasteiger partial charge in [0.1, 0.15) is 22.9 Å². The molecule has 29 heavy (non-hydrogen) atoms. The van der Waals surface area contributed by atoms with E-state index in [1.807, 2.05) is 43.3 Å². The summed E-state index contributed by atoms with van der Waals surface area (Å²) < 4.78 is 5.37. The van der Waals surface area contributed by atoms with Crippen LogP contribution in [0.5, 0.6) is 11.5 Å². The number of methoxy groups -OCH3 is 1. The maximum absolute atomic E-state index is 13.1. The van der Waals surface area contributed by atoms with E-state index in [-0.39, 0.29) is 18.3 Å². The predicted molar refractivity (Wildman–Crippen MR) is 108 cm³/mol. The zero-order chi connectivity index (χ0) is 20.5. The summed E-state index contributed by atoms with van der Waals surface area (Å²) in [4.78, 5) is 14.8. The number of amides is 1. The number of hydrogen-bond acceptors (Lipinski definition) is 5. The van der Waals surface area contributed by atoms with Gasteiger partial charge in [-0.05, 0) is 43.2 Å². The standard InChI is InChI=1S/C22H23N3O4/c1-13-7-8-17(27)16(11-13)19-18-20(24-23-19)22(28)25(9-4-10-26)21(18)14-5-3-6-15(12-14)29-2/h3,5-8,11-12,21,26-27H,4,9-10H2,1-2H3,(H,23,24)/t21-/m0/s1. The molecule has 0 saturated carbocycles. The fraction of sp³-hybridized carbons (Fsp3) is 0.273. The van der Waals surface area contributed by atoms with Crippen molar-refractivity contribution < 1.29 is 19.7 Å². The molecular weight excluding hydrogens is 370 g/mol. The number of aromatic nitrogens is 2. The van der Waals surface area contributed by atoms with Crippen molar-refractivity contribution in [3.63, 3.8) is 0 Å². The number of ether oxygens (including phenoxy) is 1. The molecule has 2 aromatic carbocycles. The molecule has 1 aliphatic heterocycles. The molecule has 0 saturated heterocycles. The number of fused-ring (bicyclic) bond motifs is 1. The lowest BCUT2D eigenvalue weighted by atomic mass is 9.95. The molecule has 1 amide bonds. The first-order valence-corrected chi connectivity index (χ1v) is 9.49. The molecule has 2 heterocycles. The summed E-state index contributed by atoms with van der Waals surface area (Å²) in [5.74, 6) is 0.622. The molecule has 0 radical (unpaired) electrons. The van der Waals surface area contributed by atoms with Gasteiger partial charge in [-0.1, -0.05) is 23.8 Å². The van der Waals surface area contributed by atoms with Crippen LogP contribution in [0.3, 0.4) is 0 Å². The summed E-state index contributed by atoms with van der Waals surface area (Å²) >= 11 is 0. The first-order chi connectivity index (χ1) is 14.0. The van der Waals surface area contributed by atoms with Gasteiger partial charge in [0.25, 0.3) is 5.91 Å². The van der Waals surface area contributed by atoms with Gasteiger partial charge in [0.2, 0.25) is 0 Å². The summed E-state index contributed by atoms with van der Waals surface area (Å²) in [6, 6.07) is 12.5. The number of nitrogens with one attached hydrogen (secondary N) is 1. The average molecular weight is 393 g/mol. The lowest BCUT2D eigenvalue weighted by molar-refractivity contribution is 0.0732. The number of carbonyl (C=O) groups is 1. The fourth-order valence-corrected chi connectivity index (χ4v) is 3.87. The number of H-pyrrole nitrogens is 1. The van der Waals surface area contributed by atoms with Gasteiger partial charge in [-0.2, -0.15) is 5.10 Å². The molecule has 3 N–H and O–H groups in total. The summed E-state index contributed by atoms with van der Waals surface area (Å²) in [6.07, 6.45) is 0.467. The third-order valence-electron chi connectivity index (χ3n) is 5.24. The van der Waals surface area contributed by atoms with Gasteiger partial charge in [0.15, 0.2) is 0 Å². The van der Waals surface area contributed by atoms with Gasteiger partial charge in [-0.15, -0.1) is 0 Å². The minimum Gasteiger partial charge on any atom is -0.507 e. The van der Waals surface area contributed by atoms with Crippen molar-refractivity contribution in [1.29, 1.82) is 0 Å². The first kappa shape index (κ1) is 19.0. The second-order valence-electron chi connectivity index (χ2n) is 7.14. The van der Waals surface area contributed by atoms with E-state index in [1.165, 1.54) is 0 Å². The van der Waals surface area contributed by atoms with Crippen LogP contribution >= 0.6 is 0 Å².